The minimum atomic E-state index is -0.136. The van der Waals surface area contributed by atoms with Crippen molar-refractivity contribution in [3.05, 3.63) is 103 Å². The smallest absolute Gasteiger partial charge is 0.261 e. The monoisotopic (exact) mass is 699 g/mol. The number of benzene rings is 3. The SMILES string of the molecule is O=C1c2ccccc2C(=O)N1C1CC2CCC(C1)N2Cc1ccc(Cl)c(Cl)c1.O[C@H]1C[C@H]2CC[C@@H](C1)N2Cc1ccc(Cl)c(Cl)c1. The van der Waals surface area contributed by atoms with Crippen LogP contribution in [0, 0.1) is 0 Å². The first kappa shape index (κ1) is 32.4. The van der Waals surface area contributed by atoms with Gasteiger partial charge in [-0.05, 0) is 98.9 Å². The number of carbonyl (C=O) groups is 2. The average Bonchev–Trinajstić information content (AvgIpc) is 3.52. The van der Waals surface area contributed by atoms with Crippen LogP contribution in [-0.2, 0) is 13.1 Å². The van der Waals surface area contributed by atoms with Crippen molar-refractivity contribution in [1.29, 1.82) is 0 Å². The second-order valence-corrected chi connectivity index (χ2v) is 15.0. The van der Waals surface area contributed by atoms with Crippen LogP contribution in [0.25, 0.3) is 0 Å². The molecule has 10 heteroatoms. The standard InChI is InChI=1S/C22H20Cl2N2O2.C14H17Cl2NO/c23-19-8-5-13(9-20(19)24)12-25-14-6-7-15(25)11-16(10-14)26-21(27)17-3-1-2-4-18(17)22(26)28;15-13-4-1-9(5-14(13)16)8-17-10-2-3-11(17)7-12(18)6-10/h1-5,8-9,14-16H,6-7,10-12H2;1,4-5,10-12,18H,2-3,6-8H2/t;10-,11+,12+. The number of hydrogen-bond donors (Lipinski definition) is 1. The Hall–Kier alpha value is -2.16. The van der Waals surface area contributed by atoms with E-state index in [1.165, 1.54) is 23.3 Å². The fourth-order valence-electron chi connectivity index (χ4n) is 8.46. The lowest BCUT2D eigenvalue weighted by atomic mass is 9.95. The van der Waals surface area contributed by atoms with E-state index in [4.69, 9.17) is 46.4 Å². The van der Waals surface area contributed by atoms with Crippen LogP contribution < -0.4 is 0 Å². The van der Waals surface area contributed by atoms with E-state index in [0.717, 1.165) is 57.2 Å². The highest BCUT2D eigenvalue weighted by Gasteiger charge is 2.47. The molecule has 0 saturated carbocycles. The fraction of sp³-hybridized carbons (Fsp3) is 0.444. The molecule has 5 aliphatic heterocycles. The predicted molar refractivity (Wildman–Crippen MR) is 183 cm³/mol. The van der Waals surface area contributed by atoms with Gasteiger partial charge in [-0.2, -0.15) is 0 Å². The molecule has 2 unspecified atom stereocenters. The van der Waals surface area contributed by atoms with Gasteiger partial charge in [-0.1, -0.05) is 70.7 Å². The Morgan fingerprint density at radius 2 is 0.978 bits per heavy atom. The second-order valence-electron chi connectivity index (χ2n) is 13.4. The zero-order valence-corrected chi connectivity index (χ0v) is 28.4. The van der Waals surface area contributed by atoms with Crippen LogP contribution in [0.3, 0.4) is 0 Å². The maximum Gasteiger partial charge on any atom is 0.261 e. The number of carbonyl (C=O) groups excluding carboxylic acids is 2. The van der Waals surface area contributed by atoms with Crippen molar-refractivity contribution in [2.24, 2.45) is 0 Å². The summed E-state index contributed by atoms with van der Waals surface area (Å²) in [5.74, 6) is -0.272. The van der Waals surface area contributed by atoms with Crippen molar-refractivity contribution < 1.29 is 14.7 Å². The highest BCUT2D eigenvalue weighted by Crippen LogP contribution is 2.41. The van der Waals surface area contributed by atoms with Crippen LogP contribution in [0.1, 0.15) is 83.2 Å². The van der Waals surface area contributed by atoms with E-state index in [1.807, 2.05) is 48.5 Å². The van der Waals surface area contributed by atoms with Crippen LogP contribution in [-0.4, -0.2) is 67.9 Å². The average molecular weight is 702 g/mol. The number of imide groups is 1. The third kappa shape index (κ3) is 6.35. The summed E-state index contributed by atoms with van der Waals surface area (Å²) < 4.78 is 0. The van der Waals surface area contributed by atoms with E-state index in [9.17, 15) is 14.7 Å². The van der Waals surface area contributed by atoms with E-state index in [-0.39, 0.29) is 24.0 Å². The van der Waals surface area contributed by atoms with Crippen molar-refractivity contribution in [2.75, 3.05) is 0 Å². The van der Waals surface area contributed by atoms with E-state index in [0.29, 0.717) is 55.4 Å². The Morgan fingerprint density at radius 3 is 1.39 bits per heavy atom. The number of hydrogen-bond acceptors (Lipinski definition) is 5. The number of fused-ring (bicyclic) bond motifs is 5. The van der Waals surface area contributed by atoms with E-state index < -0.39 is 0 Å². The number of rotatable bonds is 5. The van der Waals surface area contributed by atoms with E-state index in [2.05, 4.69) is 9.80 Å². The van der Waals surface area contributed by atoms with Gasteiger partial charge in [-0.15, -0.1) is 0 Å². The molecule has 1 N–H and O–H groups in total. The molecule has 4 saturated heterocycles. The van der Waals surface area contributed by atoms with Gasteiger partial charge in [0.25, 0.3) is 11.8 Å². The van der Waals surface area contributed by atoms with Crippen LogP contribution in [0.4, 0.5) is 0 Å². The van der Waals surface area contributed by atoms with Crippen LogP contribution in [0.15, 0.2) is 60.7 Å². The topological polar surface area (TPSA) is 64.1 Å². The molecule has 8 rings (SSSR count). The summed E-state index contributed by atoms with van der Waals surface area (Å²) in [4.78, 5) is 32.2. The molecule has 3 aromatic rings. The van der Waals surface area contributed by atoms with Gasteiger partial charge in [0, 0.05) is 43.3 Å². The Balaban J connectivity index is 0.000000162. The molecule has 5 heterocycles. The van der Waals surface area contributed by atoms with Crippen molar-refractivity contribution in [2.45, 2.75) is 101 Å². The van der Waals surface area contributed by atoms with E-state index in [1.54, 1.807) is 12.1 Å². The maximum absolute atomic E-state index is 12.8. The molecular weight excluding hydrogens is 664 g/mol. The molecule has 0 spiro atoms. The summed E-state index contributed by atoms with van der Waals surface area (Å²) in [6, 6.07) is 20.6. The molecule has 4 fully saturated rings. The van der Waals surface area contributed by atoms with Gasteiger partial charge in [0.15, 0.2) is 0 Å². The van der Waals surface area contributed by atoms with Gasteiger partial charge >= 0.3 is 0 Å². The number of aliphatic hydroxyl groups is 1. The summed E-state index contributed by atoms with van der Waals surface area (Å²) in [5, 5.41) is 12.2. The van der Waals surface area contributed by atoms with Crippen molar-refractivity contribution in [1.82, 2.24) is 14.7 Å². The molecule has 0 radical (unpaired) electrons. The molecule has 4 bridgehead atoms. The predicted octanol–water partition coefficient (Wildman–Crippen LogP) is 8.27. The maximum atomic E-state index is 12.8. The molecule has 242 valence electrons. The summed E-state index contributed by atoms with van der Waals surface area (Å²) in [5.41, 5.74) is 3.43. The zero-order valence-electron chi connectivity index (χ0n) is 25.4. The van der Waals surface area contributed by atoms with E-state index >= 15 is 0 Å². The number of halogens is 4. The Kier molecular flexibility index (Phi) is 9.43. The third-order valence-electron chi connectivity index (χ3n) is 10.6. The Bertz CT molecular complexity index is 1590. The first-order chi connectivity index (χ1) is 22.2. The molecule has 46 heavy (non-hydrogen) atoms. The number of amides is 2. The van der Waals surface area contributed by atoms with Crippen LogP contribution in [0.5, 0.6) is 0 Å². The molecule has 6 nitrogen and oxygen atoms in total. The summed E-state index contributed by atoms with van der Waals surface area (Å²) in [6.45, 7) is 1.74. The lowest BCUT2D eigenvalue weighted by Crippen LogP contribution is -2.51. The molecule has 5 atom stereocenters. The molecule has 3 aromatic carbocycles. The molecular formula is C36H37Cl4N3O3. The van der Waals surface area contributed by atoms with Crippen LogP contribution in [0.2, 0.25) is 20.1 Å². The lowest BCUT2D eigenvalue weighted by Gasteiger charge is -2.41. The summed E-state index contributed by atoms with van der Waals surface area (Å²) in [7, 11) is 0. The number of nitrogens with zero attached hydrogens (tertiary/aromatic N) is 3. The third-order valence-corrected chi connectivity index (χ3v) is 12.1. The van der Waals surface area contributed by atoms with Crippen molar-refractivity contribution in [3.8, 4) is 0 Å². The number of aliphatic hydroxyl groups excluding tert-OH is 1. The van der Waals surface area contributed by atoms with Gasteiger partial charge < -0.3 is 5.11 Å². The quantitative estimate of drug-likeness (QED) is 0.272. The summed E-state index contributed by atoms with van der Waals surface area (Å²) >= 11 is 24.2. The minimum absolute atomic E-state index is 0.0186. The highest BCUT2D eigenvalue weighted by atomic mass is 35.5. The lowest BCUT2D eigenvalue weighted by molar-refractivity contribution is 0.0310. The van der Waals surface area contributed by atoms with Gasteiger partial charge in [-0.25, -0.2) is 0 Å². The van der Waals surface area contributed by atoms with Gasteiger partial charge in [0.2, 0.25) is 0 Å². The van der Waals surface area contributed by atoms with Crippen molar-refractivity contribution >= 4 is 58.2 Å². The Labute approximate surface area is 290 Å². The summed E-state index contributed by atoms with van der Waals surface area (Å²) in [6.07, 6.45) is 8.03. The minimum Gasteiger partial charge on any atom is -0.393 e. The molecule has 0 aliphatic carbocycles. The first-order valence-electron chi connectivity index (χ1n) is 16.2. The fourth-order valence-corrected chi connectivity index (χ4v) is 9.10. The molecule has 2 amide bonds. The van der Waals surface area contributed by atoms with Gasteiger partial charge in [0.1, 0.15) is 0 Å². The van der Waals surface area contributed by atoms with Crippen LogP contribution >= 0.6 is 46.4 Å². The normalized spacial score (nSPS) is 28.8. The van der Waals surface area contributed by atoms with Gasteiger partial charge in [0.05, 0.1) is 37.3 Å². The molecule has 0 aromatic heterocycles. The Morgan fingerprint density at radius 1 is 0.565 bits per heavy atom. The first-order valence-corrected chi connectivity index (χ1v) is 17.7. The highest BCUT2D eigenvalue weighted by molar-refractivity contribution is 6.42. The number of piperidine rings is 2. The van der Waals surface area contributed by atoms with Gasteiger partial charge in [-0.3, -0.25) is 24.3 Å². The zero-order chi connectivity index (χ0) is 32.1. The second kappa shape index (κ2) is 13.4. The largest absolute Gasteiger partial charge is 0.393 e. The van der Waals surface area contributed by atoms with Crippen molar-refractivity contribution in [3.63, 3.8) is 0 Å². The molecule has 5 aliphatic rings.